The van der Waals surface area contributed by atoms with Crippen LogP contribution in [0.25, 0.3) is 11.3 Å². The molecule has 186 valence electrons. The molecule has 0 aliphatic carbocycles. The van der Waals surface area contributed by atoms with E-state index >= 15 is 0 Å². The summed E-state index contributed by atoms with van der Waals surface area (Å²) in [5.41, 5.74) is 3.63. The van der Waals surface area contributed by atoms with Gasteiger partial charge in [0.05, 0.1) is 5.69 Å². The Kier molecular flexibility index (Phi) is 8.70. The summed E-state index contributed by atoms with van der Waals surface area (Å²) < 4.78 is 13.4. The van der Waals surface area contributed by atoms with Crippen LogP contribution in [0.2, 0.25) is 0 Å². The molecule has 4 rings (SSSR count). The molecular formula is C27H35FN6O. The number of aromatic amines is 1. The summed E-state index contributed by atoms with van der Waals surface area (Å²) in [6, 6.07) is 12.4. The van der Waals surface area contributed by atoms with E-state index in [2.05, 4.69) is 25.4 Å². The van der Waals surface area contributed by atoms with Crippen LogP contribution in [-0.4, -0.2) is 52.8 Å². The number of benzene rings is 1. The third kappa shape index (κ3) is 7.04. The van der Waals surface area contributed by atoms with E-state index in [1.54, 1.807) is 11.0 Å². The normalized spacial score (nSPS) is 13.6. The molecule has 0 unspecified atom stereocenters. The summed E-state index contributed by atoms with van der Waals surface area (Å²) in [7, 11) is 1.84. The molecule has 8 heteroatoms. The third-order valence-electron chi connectivity index (χ3n) is 6.49. The van der Waals surface area contributed by atoms with Gasteiger partial charge in [0, 0.05) is 56.2 Å². The number of halogens is 1. The maximum atomic E-state index is 13.4. The lowest BCUT2D eigenvalue weighted by Gasteiger charge is -2.29. The SMILES string of the molecule is CN(CCCCCc1cc(-c2cccc(F)c2)n[nH]1)C(=O)NCc1cccnc1N1CCCCC1. The molecule has 2 aromatic heterocycles. The van der Waals surface area contributed by atoms with E-state index in [-0.39, 0.29) is 11.8 Å². The van der Waals surface area contributed by atoms with E-state index in [0.717, 1.165) is 67.1 Å². The van der Waals surface area contributed by atoms with Gasteiger partial charge in [0.1, 0.15) is 11.6 Å². The van der Waals surface area contributed by atoms with Crippen LogP contribution in [0.5, 0.6) is 0 Å². The van der Waals surface area contributed by atoms with Gasteiger partial charge < -0.3 is 15.1 Å². The number of piperidine rings is 1. The van der Waals surface area contributed by atoms with Crippen molar-refractivity contribution in [2.75, 3.05) is 31.6 Å². The van der Waals surface area contributed by atoms with Crippen LogP contribution in [0, 0.1) is 5.82 Å². The number of nitrogens with zero attached hydrogens (tertiary/aromatic N) is 4. The number of aryl methyl sites for hydroxylation is 1. The number of nitrogens with one attached hydrogen (secondary N) is 2. The Morgan fingerprint density at radius 1 is 1.11 bits per heavy atom. The van der Waals surface area contributed by atoms with Gasteiger partial charge in [-0.25, -0.2) is 14.2 Å². The van der Waals surface area contributed by atoms with Gasteiger partial charge in [-0.05, 0) is 62.8 Å². The molecule has 3 heterocycles. The van der Waals surface area contributed by atoms with Crippen molar-refractivity contribution in [2.24, 2.45) is 0 Å². The van der Waals surface area contributed by atoms with Crippen LogP contribution in [0.15, 0.2) is 48.7 Å². The van der Waals surface area contributed by atoms with E-state index < -0.39 is 0 Å². The number of rotatable bonds is 10. The number of anilines is 1. The zero-order valence-electron chi connectivity index (χ0n) is 20.5. The summed E-state index contributed by atoms with van der Waals surface area (Å²) in [5, 5.41) is 10.4. The average molecular weight is 479 g/mol. The molecular weight excluding hydrogens is 443 g/mol. The molecule has 1 fully saturated rings. The average Bonchev–Trinajstić information content (AvgIpc) is 3.37. The maximum Gasteiger partial charge on any atom is 0.317 e. The Balaban J connectivity index is 1.16. The molecule has 3 aromatic rings. The Hall–Kier alpha value is -3.42. The van der Waals surface area contributed by atoms with E-state index in [0.29, 0.717) is 13.1 Å². The number of hydrogen-bond donors (Lipinski definition) is 2. The fourth-order valence-electron chi connectivity index (χ4n) is 4.49. The number of aromatic nitrogens is 3. The van der Waals surface area contributed by atoms with Gasteiger partial charge in [-0.3, -0.25) is 5.10 Å². The van der Waals surface area contributed by atoms with Gasteiger partial charge in [-0.2, -0.15) is 5.10 Å². The van der Waals surface area contributed by atoms with Gasteiger partial charge >= 0.3 is 6.03 Å². The predicted molar refractivity (Wildman–Crippen MR) is 137 cm³/mol. The molecule has 2 amide bonds. The van der Waals surface area contributed by atoms with Crippen molar-refractivity contribution < 1.29 is 9.18 Å². The Morgan fingerprint density at radius 3 is 2.80 bits per heavy atom. The summed E-state index contributed by atoms with van der Waals surface area (Å²) in [5.74, 6) is 0.734. The molecule has 0 saturated carbocycles. The number of pyridine rings is 1. The van der Waals surface area contributed by atoms with Gasteiger partial charge in [0.15, 0.2) is 0 Å². The summed E-state index contributed by atoms with van der Waals surface area (Å²) in [6.07, 6.45) is 9.30. The number of carbonyl (C=O) groups excluding carboxylic acids is 1. The number of carbonyl (C=O) groups is 1. The fraction of sp³-hybridized carbons (Fsp3) is 0.444. The quantitative estimate of drug-likeness (QED) is 0.395. The van der Waals surface area contributed by atoms with Gasteiger partial charge in [0.25, 0.3) is 0 Å². The minimum Gasteiger partial charge on any atom is -0.356 e. The zero-order valence-corrected chi connectivity index (χ0v) is 20.5. The van der Waals surface area contributed by atoms with Gasteiger partial charge in [-0.1, -0.05) is 24.6 Å². The van der Waals surface area contributed by atoms with Crippen molar-refractivity contribution in [3.63, 3.8) is 0 Å². The van der Waals surface area contributed by atoms with Crippen molar-refractivity contribution in [1.82, 2.24) is 25.4 Å². The second-order valence-corrected chi connectivity index (χ2v) is 9.21. The van der Waals surface area contributed by atoms with Crippen LogP contribution >= 0.6 is 0 Å². The van der Waals surface area contributed by atoms with Gasteiger partial charge in [0.2, 0.25) is 0 Å². The van der Waals surface area contributed by atoms with E-state index in [1.165, 1.54) is 31.4 Å². The Bertz CT molecular complexity index is 1090. The lowest BCUT2D eigenvalue weighted by atomic mass is 10.1. The third-order valence-corrected chi connectivity index (χ3v) is 6.49. The van der Waals surface area contributed by atoms with Crippen LogP contribution < -0.4 is 10.2 Å². The van der Waals surface area contributed by atoms with Crippen molar-refractivity contribution in [1.29, 1.82) is 0 Å². The first kappa shape index (κ1) is 24.7. The highest BCUT2D eigenvalue weighted by Gasteiger charge is 2.16. The molecule has 1 aliphatic heterocycles. The van der Waals surface area contributed by atoms with Gasteiger partial charge in [-0.15, -0.1) is 0 Å². The monoisotopic (exact) mass is 478 g/mol. The van der Waals surface area contributed by atoms with Crippen molar-refractivity contribution >= 4 is 11.8 Å². The molecule has 1 aliphatic rings. The molecule has 2 N–H and O–H groups in total. The van der Waals surface area contributed by atoms with E-state index in [4.69, 9.17) is 0 Å². The first-order chi connectivity index (χ1) is 17.1. The summed E-state index contributed by atoms with van der Waals surface area (Å²) in [6.45, 7) is 3.25. The number of H-pyrrole nitrogens is 1. The predicted octanol–water partition coefficient (Wildman–Crippen LogP) is 5.16. The topological polar surface area (TPSA) is 77.1 Å². The molecule has 0 spiro atoms. The number of urea groups is 1. The Labute approximate surface area is 206 Å². The van der Waals surface area contributed by atoms with Crippen LogP contribution in [0.1, 0.15) is 49.8 Å². The lowest BCUT2D eigenvalue weighted by molar-refractivity contribution is 0.207. The van der Waals surface area contributed by atoms with Crippen molar-refractivity contribution in [3.05, 3.63) is 65.7 Å². The maximum absolute atomic E-state index is 13.4. The molecule has 1 saturated heterocycles. The highest BCUT2D eigenvalue weighted by molar-refractivity contribution is 5.74. The van der Waals surface area contributed by atoms with Crippen molar-refractivity contribution in [2.45, 2.75) is 51.5 Å². The number of amides is 2. The van der Waals surface area contributed by atoms with Crippen LogP contribution in [0.3, 0.4) is 0 Å². The first-order valence-electron chi connectivity index (χ1n) is 12.6. The molecule has 0 radical (unpaired) electrons. The highest BCUT2D eigenvalue weighted by Crippen LogP contribution is 2.22. The largest absolute Gasteiger partial charge is 0.356 e. The van der Waals surface area contributed by atoms with Crippen LogP contribution in [-0.2, 0) is 13.0 Å². The van der Waals surface area contributed by atoms with E-state index in [1.807, 2.05) is 37.5 Å². The molecule has 7 nitrogen and oxygen atoms in total. The first-order valence-corrected chi connectivity index (χ1v) is 12.6. The summed E-state index contributed by atoms with van der Waals surface area (Å²) >= 11 is 0. The second-order valence-electron chi connectivity index (χ2n) is 9.21. The number of hydrogen-bond acceptors (Lipinski definition) is 4. The standard InChI is InChI=1S/C27H35FN6O/c1-33(27(35)30-20-22-11-9-14-29-26(22)34-16-6-3-7-17-34)15-5-2-4-13-24-19-25(32-31-24)21-10-8-12-23(28)18-21/h8-12,14,18-19H,2-7,13,15-17,20H2,1H3,(H,30,35)(H,31,32). The lowest BCUT2D eigenvalue weighted by Crippen LogP contribution is -2.38. The zero-order chi connectivity index (χ0) is 24.5. The molecule has 35 heavy (non-hydrogen) atoms. The summed E-state index contributed by atoms with van der Waals surface area (Å²) in [4.78, 5) is 21.2. The fourth-order valence-corrected chi connectivity index (χ4v) is 4.49. The minimum absolute atomic E-state index is 0.0632. The minimum atomic E-state index is -0.261. The van der Waals surface area contributed by atoms with Crippen LogP contribution in [0.4, 0.5) is 15.0 Å². The number of unbranched alkanes of at least 4 members (excludes halogenated alkanes) is 2. The highest BCUT2D eigenvalue weighted by atomic mass is 19.1. The molecule has 0 bridgehead atoms. The Morgan fingerprint density at radius 2 is 1.97 bits per heavy atom. The smallest absolute Gasteiger partial charge is 0.317 e. The second kappa shape index (κ2) is 12.3. The van der Waals surface area contributed by atoms with E-state index in [9.17, 15) is 9.18 Å². The molecule has 1 aromatic carbocycles. The molecule has 0 atom stereocenters. The van der Waals surface area contributed by atoms with Crippen molar-refractivity contribution in [3.8, 4) is 11.3 Å².